The maximum absolute atomic E-state index is 8.87. The molecule has 0 amide bonds. The summed E-state index contributed by atoms with van der Waals surface area (Å²) in [4.78, 5) is 0. The Bertz CT molecular complexity index is 23.0. The molecule has 1 nitrogen and oxygen atoms in total. The smallest absolute Gasteiger partial charge is 1.00 e. The van der Waals surface area contributed by atoms with Crippen molar-refractivity contribution in [2.75, 3.05) is 0 Å². The summed E-state index contributed by atoms with van der Waals surface area (Å²) >= 11 is 0. The van der Waals surface area contributed by atoms with Gasteiger partial charge in [-0.3, -0.25) is 0 Å². The van der Waals surface area contributed by atoms with Crippen LogP contribution in [0.1, 0.15) is 1.43 Å². The first-order valence-electron chi connectivity index (χ1n) is 0.813. The minimum Gasteiger partial charge on any atom is -1.00 e. The second-order valence-corrected chi connectivity index (χ2v) is 0.707. The summed E-state index contributed by atoms with van der Waals surface area (Å²) in [5, 5.41) is 0. The Balaban J connectivity index is -0.00000000667. The molecule has 0 aromatic heterocycles. The van der Waals surface area contributed by atoms with Crippen LogP contribution in [0.25, 0.3) is 0 Å². The van der Waals surface area contributed by atoms with Crippen LogP contribution in [0.15, 0.2) is 0 Å². The third-order valence-corrected chi connectivity index (χ3v) is 0. The van der Waals surface area contributed by atoms with Crippen molar-refractivity contribution in [3.05, 3.63) is 0 Å². The predicted octanol–water partition coefficient (Wildman–Crippen LogP) is -4.57. The Morgan fingerprint density at radius 2 is 1.80 bits per heavy atom. The zero-order valence-corrected chi connectivity index (χ0v) is 8.66. The van der Waals surface area contributed by atoms with Crippen molar-refractivity contribution in [1.29, 1.82) is 0 Å². The van der Waals surface area contributed by atoms with Gasteiger partial charge in [0.2, 0.25) is 0 Å². The fourth-order valence-corrected chi connectivity index (χ4v) is 0. The molecular formula is H4BLiOSiZn. The summed E-state index contributed by atoms with van der Waals surface area (Å²) in [6.07, 6.45) is 0. The summed E-state index contributed by atoms with van der Waals surface area (Å²) in [6.45, 7) is 0.889. The molecule has 0 N–H and O–H groups in total. The Morgan fingerprint density at radius 1 is 1.80 bits per heavy atom. The topological polar surface area (TPSA) is 17.1 Å². The van der Waals surface area contributed by atoms with E-state index in [9.17, 15) is 0 Å². The Labute approximate surface area is 61.3 Å². The second kappa shape index (κ2) is 18.5. The van der Waals surface area contributed by atoms with Crippen molar-refractivity contribution >= 4 is 16.9 Å². The van der Waals surface area contributed by atoms with E-state index in [-0.39, 0.29) is 39.8 Å². The van der Waals surface area contributed by atoms with Crippen LogP contribution in [-0.2, 0) is 24.2 Å². The maximum atomic E-state index is 8.87. The van der Waals surface area contributed by atoms with Gasteiger partial charge in [0, 0.05) is 19.5 Å². The van der Waals surface area contributed by atoms with Gasteiger partial charge in [-0.15, -0.1) is 0 Å². The van der Waals surface area contributed by atoms with Gasteiger partial charge in [-0.2, -0.15) is 0 Å². The molecule has 20 valence electrons. The molecular weight excluding hydrogens is 127 g/mol. The summed E-state index contributed by atoms with van der Waals surface area (Å²) in [5.74, 6) is 0. The van der Waals surface area contributed by atoms with Crippen LogP contribution < -0.4 is 18.9 Å². The van der Waals surface area contributed by atoms with Crippen molar-refractivity contribution < 1.29 is 44.5 Å². The summed E-state index contributed by atoms with van der Waals surface area (Å²) < 4.78 is 8.87. The summed E-state index contributed by atoms with van der Waals surface area (Å²) in [6, 6.07) is 0. The monoisotopic (exact) mass is 130 g/mol. The van der Waals surface area contributed by atoms with E-state index in [0.29, 0.717) is 10.1 Å². The molecule has 0 bridgehead atoms. The van der Waals surface area contributed by atoms with Gasteiger partial charge in [0.25, 0.3) is 0 Å². The van der Waals surface area contributed by atoms with Crippen molar-refractivity contribution in [1.82, 2.24) is 0 Å². The number of hydrogen-bond donors (Lipinski definition) is 0. The quantitative estimate of drug-likeness (QED) is 0.303. The molecule has 0 aromatic rings. The van der Waals surface area contributed by atoms with Crippen molar-refractivity contribution in [3.63, 3.8) is 0 Å². The van der Waals surface area contributed by atoms with E-state index >= 15 is 0 Å². The van der Waals surface area contributed by atoms with Crippen LogP contribution in [-0.4, -0.2) is 16.9 Å². The van der Waals surface area contributed by atoms with Gasteiger partial charge in [-0.25, -0.2) is 0 Å². The van der Waals surface area contributed by atoms with Gasteiger partial charge in [-0.1, -0.05) is 0 Å². The fourth-order valence-electron chi connectivity index (χ4n) is 0. The van der Waals surface area contributed by atoms with Gasteiger partial charge < -0.3 is 1.43 Å². The maximum Gasteiger partial charge on any atom is 1.00 e. The van der Waals surface area contributed by atoms with E-state index in [0.717, 1.165) is 6.74 Å². The fraction of sp³-hybridized carbons (Fsp3) is 0. The predicted molar refractivity (Wildman–Crippen MR) is 17.5 cm³/mol. The van der Waals surface area contributed by atoms with Crippen LogP contribution in [0.4, 0.5) is 0 Å². The molecule has 0 rings (SSSR count). The average molecular weight is 131 g/mol. The Kier molecular flexibility index (Phi) is 60.2. The van der Waals surface area contributed by atoms with E-state index < -0.39 is 0 Å². The molecule has 0 unspecified atom stereocenters. The van der Waals surface area contributed by atoms with Crippen LogP contribution in [0.2, 0.25) is 0 Å². The molecule has 0 saturated heterocycles. The first-order chi connectivity index (χ1) is 1.41. The van der Waals surface area contributed by atoms with Crippen molar-refractivity contribution in [3.8, 4) is 0 Å². The largest absolute Gasteiger partial charge is 1.00 e. The molecule has 0 radical (unpaired) electrons. The van der Waals surface area contributed by atoms with Gasteiger partial charge in [0.15, 0.2) is 0 Å². The van der Waals surface area contributed by atoms with Gasteiger partial charge >= 0.3 is 40.4 Å². The van der Waals surface area contributed by atoms with E-state index in [1.165, 1.54) is 0 Å². The molecule has 5 heavy (non-hydrogen) atoms. The minimum atomic E-state index is 0. The molecule has 0 aliphatic rings. The van der Waals surface area contributed by atoms with E-state index in [4.69, 9.17) is 4.70 Å². The van der Waals surface area contributed by atoms with Crippen molar-refractivity contribution in [2.45, 2.75) is 0 Å². The third kappa shape index (κ3) is 34.1. The third-order valence-electron chi connectivity index (χ3n) is 0. The zero-order valence-electron chi connectivity index (χ0n) is 4.69. The van der Waals surface area contributed by atoms with Crippen LogP contribution >= 0.6 is 0 Å². The number of hydrogen-bond acceptors (Lipinski definition) is 1. The Morgan fingerprint density at radius 3 is 1.80 bits per heavy atom. The molecule has 0 saturated carbocycles. The zero-order chi connectivity index (χ0) is 2.71. The van der Waals surface area contributed by atoms with Crippen LogP contribution in [0.5, 0.6) is 0 Å². The molecule has 0 aliphatic carbocycles. The minimum absolute atomic E-state index is 0. The van der Waals surface area contributed by atoms with E-state index in [1.54, 1.807) is 0 Å². The molecule has 5 heteroatoms. The molecule has 0 spiro atoms. The standard InChI is InChI=1S/BH3OSi.Li.Zn.H/c2-1-3;;;/h3H3;;;/q;+1;;-1. The van der Waals surface area contributed by atoms with Crippen LogP contribution in [0.3, 0.4) is 0 Å². The Hall–Kier alpha value is 1.30. The van der Waals surface area contributed by atoms with Gasteiger partial charge in [-0.05, 0) is 0 Å². The van der Waals surface area contributed by atoms with Crippen molar-refractivity contribution in [2.24, 2.45) is 0 Å². The summed E-state index contributed by atoms with van der Waals surface area (Å²) in [7, 11) is 0.688. The molecule has 0 fully saturated rings. The van der Waals surface area contributed by atoms with E-state index in [2.05, 4.69) is 0 Å². The average Bonchev–Trinajstić information content (AvgIpc) is 0.918. The van der Waals surface area contributed by atoms with E-state index in [1.807, 2.05) is 0 Å². The normalized spacial score (nSPS) is 2.40. The molecule has 0 aromatic carbocycles. The first-order valence-corrected chi connectivity index (χ1v) is 1.97. The molecule has 0 heterocycles. The summed E-state index contributed by atoms with van der Waals surface area (Å²) in [5.41, 5.74) is 0. The van der Waals surface area contributed by atoms with Gasteiger partial charge in [0.05, 0.1) is 0 Å². The van der Waals surface area contributed by atoms with Crippen LogP contribution in [0, 0.1) is 0 Å². The number of rotatable bonds is 0. The molecule has 0 aliphatic heterocycles. The molecule has 0 atom stereocenters. The SMILES string of the molecule is O=B[SiH3].[H-].[Li+].[Zn]. The second-order valence-electron chi connectivity index (χ2n) is 0.236. The first kappa shape index (κ1) is 16.2. The van der Waals surface area contributed by atoms with Gasteiger partial charge in [0.1, 0.15) is 0 Å².